The van der Waals surface area contributed by atoms with Gasteiger partial charge in [-0.2, -0.15) is 5.26 Å². The van der Waals surface area contributed by atoms with Crippen LogP contribution in [0.2, 0.25) is 0 Å². The minimum absolute atomic E-state index is 0.901. The van der Waals surface area contributed by atoms with E-state index < -0.39 is 0 Å². The number of piperidine rings is 1. The lowest BCUT2D eigenvalue weighted by atomic mass is 9.78. The molecular weight excluding hydrogens is 380 g/mol. The van der Waals surface area contributed by atoms with Gasteiger partial charge in [0.15, 0.2) is 0 Å². The monoisotopic (exact) mass is 406 g/mol. The molecule has 3 nitrogen and oxygen atoms in total. The Morgan fingerprint density at radius 2 is 1.68 bits per heavy atom. The van der Waals surface area contributed by atoms with Crippen LogP contribution in [-0.2, 0) is 19.3 Å². The van der Waals surface area contributed by atoms with Crippen LogP contribution in [0.4, 0.5) is 5.69 Å². The molecule has 2 aliphatic carbocycles. The molecule has 1 heterocycles. The van der Waals surface area contributed by atoms with Gasteiger partial charge in [0.1, 0.15) is 11.8 Å². The highest BCUT2D eigenvalue weighted by Gasteiger charge is 2.34. The van der Waals surface area contributed by atoms with Crippen molar-refractivity contribution in [3.8, 4) is 34.1 Å². The SMILES string of the molecule is COc1ccc2c(c1)CCc1c-2c2c(c(C#N)c1N1CCCCC1)-c1ccccc1C2. The molecule has 154 valence electrons. The van der Waals surface area contributed by atoms with Crippen LogP contribution in [-0.4, -0.2) is 20.2 Å². The van der Waals surface area contributed by atoms with Gasteiger partial charge < -0.3 is 9.64 Å². The average Bonchev–Trinajstić information content (AvgIpc) is 3.22. The lowest BCUT2D eigenvalue weighted by molar-refractivity contribution is 0.414. The molecule has 0 N–H and O–H groups in total. The van der Waals surface area contributed by atoms with Gasteiger partial charge in [0, 0.05) is 18.7 Å². The molecule has 0 amide bonds. The molecule has 1 saturated heterocycles. The van der Waals surface area contributed by atoms with Crippen molar-refractivity contribution in [3.05, 3.63) is 70.3 Å². The van der Waals surface area contributed by atoms with Gasteiger partial charge >= 0.3 is 0 Å². The fourth-order valence-corrected chi connectivity index (χ4v) is 5.98. The smallest absolute Gasteiger partial charge is 0.119 e. The Morgan fingerprint density at radius 1 is 0.871 bits per heavy atom. The third-order valence-electron chi connectivity index (χ3n) is 7.34. The number of ether oxygens (including phenoxy) is 1. The summed E-state index contributed by atoms with van der Waals surface area (Å²) < 4.78 is 5.52. The highest BCUT2D eigenvalue weighted by atomic mass is 16.5. The third-order valence-corrected chi connectivity index (χ3v) is 7.34. The fraction of sp³-hybridized carbons (Fsp3) is 0.321. The second-order valence-corrected chi connectivity index (χ2v) is 8.95. The van der Waals surface area contributed by atoms with Crippen molar-refractivity contribution < 1.29 is 4.74 Å². The Labute approximate surface area is 183 Å². The fourth-order valence-electron chi connectivity index (χ4n) is 5.98. The van der Waals surface area contributed by atoms with Gasteiger partial charge in [-0.15, -0.1) is 0 Å². The first-order valence-electron chi connectivity index (χ1n) is 11.4. The molecule has 0 aromatic heterocycles. The van der Waals surface area contributed by atoms with Crippen molar-refractivity contribution >= 4 is 5.69 Å². The molecule has 6 rings (SSSR count). The summed E-state index contributed by atoms with van der Waals surface area (Å²) in [5.74, 6) is 0.923. The molecule has 1 fully saturated rings. The van der Waals surface area contributed by atoms with Crippen LogP contribution in [0.1, 0.15) is 47.1 Å². The van der Waals surface area contributed by atoms with Crippen LogP contribution in [0.15, 0.2) is 42.5 Å². The highest BCUT2D eigenvalue weighted by Crippen LogP contribution is 2.52. The van der Waals surface area contributed by atoms with E-state index in [4.69, 9.17) is 4.74 Å². The average molecular weight is 407 g/mol. The van der Waals surface area contributed by atoms with E-state index in [1.807, 2.05) is 0 Å². The minimum Gasteiger partial charge on any atom is -0.497 e. The maximum atomic E-state index is 10.4. The molecule has 0 atom stereocenters. The quantitative estimate of drug-likeness (QED) is 0.416. The standard InChI is InChI=1S/C28H26N2O/c1-31-20-10-12-22-19(15-20)9-11-23-26(22)24-16-18-7-3-4-8-21(18)27(24)25(17-29)28(23)30-13-5-2-6-14-30/h3-4,7-8,10,12,15H,2,5-6,9,11,13-14,16H2,1H3. The van der Waals surface area contributed by atoms with Crippen LogP contribution < -0.4 is 9.64 Å². The summed E-state index contributed by atoms with van der Waals surface area (Å²) >= 11 is 0. The first-order chi connectivity index (χ1) is 15.3. The van der Waals surface area contributed by atoms with Crippen molar-refractivity contribution in [1.29, 1.82) is 5.26 Å². The first-order valence-corrected chi connectivity index (χ1v) is 11.4. The lowest BCUT2D eigenvalue weighted by Gasteiger charge is -2.35. The molecule has 1 aliphatic heterocycles. The van der Waals surface area contributed by atoms with Crippen molar-refractivity contribution in [2.24, 2.45) is 0 Å². The second kappa shape index (κ2) is 7.17. The number of nitrogens with zero attached hydrogens (tertiary/aromatic N) is 2. The normalized spacial score (nSPS) is 16.1. The van der Waals surface area contributed by atoms with Crippen LogP contribution in [0.25, 0.3) is 22.3 Å². The summed E-state index contributed by atoms with van der Waals surface area (Å²) in [5, 5.41) is 10.4. The molecule has 0 unspecified atom stereocenters. The van der Waals surface area contributed by atoms with Gasteiger partial charge in [0.2, 0.25) is 0 Å². The molecule has 31 heavy (non-hydrogen) atoms. The predicted octanol–water partition coefficient (Wildman–Crippen LogP) is 5.89. The van der Waals surface area contributed by atoms with Crippen LogP contribution in [0, 0.1) is 11.3 Å². The summed E-state index contributed by atoms with van der Waals surface area (Å²) in [6, 6.07) is 17.8. The lowest BCUT2D eigenvalue weighted by Crippen LogP contribution is -2.32. The van der Waals surface area contributed by atoms with Crippen molar-refractivity contribution in [1.82, 2.24) is 0 Å². The molecule has 3 aliphatic rings. The second-order valence-electron chi connectivity index (χ2n) is 8.95. The molecular formula is C28H26N2O. The van der Waals surface area contributed by atoms with E-state index in [2.05, 4.69) is 53.4 Å². The Balaban J connectivity index is 1.69. The number of methoxy groups -OCH3 is 1. The summed E-state index contributed by atoms with van der Waals surface area (Å²) in [4.78, 5) is 2.51. The van der Waals surface area contributed by atoms with Crippen LogP contribution in [0.3, 0.4) is 0 Å². The number of aryl methyl sites for hydroxylation is 1. The molecule has 3 heteroatoms. The number of benzene rings is 3. The molecule has 0 bridgehead atoms. The Kier molecular flexibility index (Phi) is 4.28. The summed E-state index contributed by atoms with van der Waals surface area (Å²) in [5.41, 5.74) is 12.7. The first kappa shape index (κ1) is 18.5. The van der Waals surface area contributed by atoms with Gasteiger partial charge in [-0.1, -0.05) is 30.3 Å². The third kappa shape index (κ3) is 2.71. The van der Waals surface area contributed by atoms with Crippen molar-refractivity contribution in [3.63, 3.8) is 0 Å². The zero-order chi connectivity index (χ0) is 20.9. The largest absolute Gasteiger partial charge is 0.497 e. The van der Waals surface area contributed by atoms with Gasteiger partial charge in [-0.25, -0.2) is 0 Å². The van der Waals surface area contributed by atoms with Crippen molar-refractivity contribution in [2.45, 2.75) is 38.5 Å². The molecule has 0 saturated carbocycles. The topological polar surface area (TPSA) is 36.3 Å². The molecule has 3 aromatic carbocycles. The van der Waals surface area contributed by atoms with E-state index in [9.17, 15) is 5.26 Å². The number of fused-ring (bicyclic) bond motifs is 7. The summed E-state index contributed by atoms with van der Waals surface area (Å²) in [6.45, 7) is 2.11. The van der Waals surface area contributed by atoms with E-state index in [0.717, 1.165) is 43.7 Å². The number of nitriles is 1. The minimum atomic E-state index is 0.901. The van der Waals surface area contributed by atoms with Crippen LogP contribution in [0.5, 0.6) is 5.75 Å². The maximum absolute atomic E-state index is 10.4. The van der Waals surface area contributed by atoms with Gasteiger partial charge in [-0.05, 0) is 89.6 Å². The zero-order valence-electron chi connectivity index (χ0n) is 18.0. The van der Waals surface area contributed by atoms with Crippen LogP contribution >= 0.6 is 0 Å². The van der Waals surface area contributed by atoms with Crippen molar-refractivity contribution in [2.75, 3.05) is 25.1 Å². The van der Waals surface area contributed by atoms with Gasteiger partial charge in [0.25, 0.3) is 0 Å². The molecule has 0 spiro atoms. The van der Waals surface area contributed by atoms with E-state index in [1.165, 1.54) is 69.5 Å². The number of hydrogen-bond acceptors (Lipinski definition) is 3. The van der Waals surface area contributed by atoms with E-state index in [-0.39, 0.29) is 0 Å². The van der Waals surface area contributed by atoms with E-state index in [1.54, 1.807) is 7.11 Å². The summed E-state index contributed by atoms with van der Waals surface area (Å²) in [6.07, 6.45) is 6.60. The van der Waals surface area contributed by atoms with Gasteiger partial charge in [-0.3, -0.25) is 0 Å². The molecule has 3 aromatic rings. The zero-order valence-corrected chi connectivity index (χ0v) is 18.0. The Morgan fingerprint density at radius 3 is 2.48 bits per heavy atom. The maximum Gasteiger partial charge on any atom is 0.119 e. The van der Waals surface area contributed by atoms with E-state index in [0.29, 0.717) is 0 Å². The van der Waals surface area contributed by atoms with Gasteiger partial charge in [0.05, 0.1) is 18.4 Å². The molecule has 0 radical (unpaired) electrons. The highest BCUT2D eigenvalue weighted by molar-refractivity contribution is 5.97. The van der Waals surface area contributed by atoms with E-state index >= 15 is 0 Å². The number of anilines is 1. The number of hydrogen-bond donors (Lipinski definition) is 0. The predicted molar refractivity (Wildman–Crippen MR) is 125 cm³/mol. The Hall–Kier alpha value is -3.25. The summed E-state index contributed by atoms with van der Waals surface area (Å²) in [7, 11) is 1.74. The number of rotatable bonds is 2. The Bertz CT molecular complexity index is 1240.